The number of halogens is 1. The first-order chi connectivity index (χ1) is 13.4. The van der Waals surface area contributed by atoms with Crippen molar-refractivity contribution in [1.82, 2.24) is 15.5 Å². The Morgan fingerprint density at radius 1 is 1.31 bits per heavy atom. The summed E-state index contributed by atoms with van der Waals surface area (Å²) in [5.41, 5.74) is -0.437. The molecule has 8 nitrogen and oxygen atoms in total. The number of hydrogen-bond acceptors (Lipinski definition) is 7. The van der Waals surface area contributed by atoms with Crippen molar-refractivity contribution in [3.8, 4) is 0 Å². The van der Waals surface area contributed by atoms with Gasteiger partial charge in [-0.2, -0.15) is 0 Å². The maximum absolute atomic E-state index is 13.3. The predicted molar refractivity (Wildman–Crippen MR) is 103 cm³/mol. The van der Waals surface area contributed by atoms with Crippen LogP contribution in [0.1, 0.15) is 58.5 Å². The van der Waals surface area contributed by atoms with Gasteiger partial charge in [-0.05, 0) is 44.4 Å². The zero-order valence-electron chi connectivity index (χ0n) is 17.1. The number of sulfone groups is 1. The van der Waals surface area contributed by atoms with Gasteiger partial charge in [-0.1, -0.05) is 37.5 Å². The van der Waals surface area contributed by atoms with E-state index in [2.05, 4.69) is 15.5 Å². The Hall–Kier alpha value is -2.49. The van der Waals surface area contributed by atoms with E-state index in [0.29, 0.717) is 6.42 Å². The Balaban J connectivity index is 2.24. The summed E-state index contributed by atoms with van der Waals surface area (Å²) < 4.78 is 49.1. The number of aromatic nitrogens is 2. The van der Waals surface area contributed by atoms with Gasteiger partial charge in [0.2, 0.25) is 15.7 Å². The third kappa shape index (κ3) is 6.52. The minimum Gasteiger partial charge on any atom is -0.444 e. The SMILES string of the molecule is CCC(C)C(NC(=O)OC(C)(C)C)c1nnc(S(=O)(=O)Cc2cccc(F)c2)o1. The minimum absolute atomic E-state index is 0.0389. The highest BCUT2D eigenvalue weighted by molar-refractivity contribution is 7.90. The van der Waals surface area contributed by atoms with Gasteiger partial charge in [0.1, 0.15) is 17.5 Å². The van der Waals surface area contributed by atoms with E-state index in [4.69, 9.17) is 9.15 Å². The van der Waals surface area contributed by atoms with Gasteiger partial charge in [0.15, 0.2) is 0 Å². The monoisotopic (exact) mass is 427 g/mol. The fourth-order valence-corrected chi connectivity index (χ4v) is 3.62. The molecule has 0 bridgehead atoms. The molecule has 0 saturated heterocycles. The van der Waals surface area contributed by atoms with E-state index >= 15 is 0 Å². The standard InChI is InChI=1S/C19H26FN3O5S/c1-6-12(2)15(21-17(24)28-19(3,4)5)16-22-23-18(27-16)29(25,26)11-13-8-7-9-14(20)10-13/h7-10,12,15H,6,11H2,1-5H3,(H,21,24). The lowest BCUT2D eigenvalue weighted by atomic mass is 9.99. The quantitative estimate of drug-likeness (QED) is 0.715. The highest BCUT2D eigenvalue weighted by atomic mass is 32.2. The smallest absolute Gasteiger partial charge is 0.408 e. The average molecular weight is 427 g/mol. The molecule has 29 heavy (non-hydrogen) atoms. The van der Waals surface area contributed by atoms with E-state index in [1.807, 2.05) is 13.8 Å². The van der Waals surface area contributed by atoms with Crippen molar-refractivity contribution in [2.24, 2.45) is 5.92 Å². The average Bonchev–Trinajstić information content (AvgIpc) is 3.08. The van der Waals surface area contributed by atoms with Crippen molar-refractivity contribution in [3.63, 3.8) is 0 Å². The largest absolute Gasteiger partial charge is 0.444 e. The van der Waals surface area contributed by atoms with Crippen molar-refractivity contribution < 1.29 is 26.8 Å². The van der Waals surface area contributed by atoms with Gasteiger partial charge in [0.05, 0.1) is 5.75 Å². The topological polar surface area (TPSA) is 111 Å². The van der Waals surface area contributed by atoms with Gasteiger partial charge in [-0.25, -0.2) is 17.6 Å². The molecule has 0 spiro atoms. The minimum atomic E-state index is -3.98. The number of alkyl carbamates (subject to hydrolysis) is 1. The van der Waals surface area contributed by atoms with Crippen molar-refractivity contribution in [3.05, 3.63) is 41.5 Å². The van der Waals surface area contributed by atoms with Crippen molar-refractivity contribution in [2.75, 3.05) is 0 Å². The molecule has 1 heterocycles. The summed E-state index contributed by atoms with van der Waals surface area (Å²) in [7, 11) is -3.98. The predicted octanol–water partition coefficient (Wildman–Crippen LogP) is 3.79. The van der Waals surface area contributed by atoms with Crippen molar-refractivity contribution in [2.45, 2.75) is 63.7 Å². The van der Waals surface area contributed by atoms with Gasteiger partial charge in [-0.3, -0.25) is 0 Å². The van der Waals surface area contributed by atoms with Crippen molar-refractivity contribution >= 4 is 15.9 Å². The number of rotatable bonds is 7. The molecule has 2 unspecified atom stereocenters. The van der Waals surface area contributed by atoms with Crippen LogP contribution in [0.25, 0.3) is 0 Å². The first kappa shape index (κ1) is 22.8. The van der Waals surface area contributed by atoms with E-state index in [0.717, 1.165) is 6.07 Å². The molecule has 0 radical (unpaired) electrons. The fraction of sp³-hybridized carbons (Fsp3) is 0.526. The third-order valence-electron chi connectivity index (χ3n) is 4.09. The highest BCUT2D eigenvalue weighted by Crippen LogP contribution is 2.26. The van der Waals surface area contributed by atoms with Gasteiger partial charge in [-0.15, -0.1) is 5.10 Å². The molecule has 0 fully saturated rings. The summed E-state index contributed by atoms with van der Waals surface area (Å²) in [4.78, 5) is 12.2. The van der Waals surface area contributed by atoms with Crippen LogP contribution in [0, 0.1) is 11.7 Å². The molecule has 2 rings (SSSR count). The third-order valence-corrected chi connectivity index (χ3v) is 5.50. The maximum Gasteiger partial charge on any atom is 0.408 e. The highest BCUT2D eigenvalue weighted by Gasteiger charge is 2.31. The van der Waals surface area contributed by atoms with Crippen LogP contribution in [0.5, 0.6) is 0 Å². The van der Waals surface area contributed by atoms with Crippen LogP contribution >= 0.6 is 0 Å². The molecule has 0 aliphatic rings. The maximum atomic E-state index is 13.3. The fourth-order valence-electron chi connectivity index (χ4n) is 2.50. The van der Waals surface area contributed by atoms with Crippen LogP contribution in [0.4, 0.5) is 9.18 Å². The van der Waals surface area contributed by atoms with Crippen LogP contribution in [0.15, 0.2) is 33.9 Å². The van der Waals surface area contributed by atoms with Crippen LogP contribution in [-0.4, -0.2) is 30.3 Å². The molecule has 1 N–H and O–H groups in total. The van der Waals surface area contributed by atoms with E-state index in [1.54, 1.807) is 20.8 Å². The van der Waals surface area contributed by atoms with Gasteiger partial charge >= 0.3 is 11.3 Å². The van der Waals surface area contributed by atoms with Crippen LogP contribution in [0.3, 0.4) is 0 Å². The lowest BCUT2D eigenvalue weighted by Gasteiger charge is -2.24. The zero-order valence-corrected chi connectivity index (χ0v) is 17.9. The number of benzene rings is 1. The molecule has 10 heteroatoms. The van der Waals surface area contributed by atoms with E-state index in [-0.39, 0.29) is 17.4 Å². The molecule has 0 aliphatic heterocycles. The number of amides is 1. The van der Waals surface area contributed by atoms with Crippen LogP contribution < -0.4 is 5.32 Å². The first-order valence-electron chi connectivity index (χ1n) is 9.21. The number of carbonyl (C=O) groups excluding carboxylic acids is 1. The van der Waals surface area contributed by atoms with E-state index in [9.17, 15) is 17.6 Å². The van der Waals surface area contributed by atoms with Gasteiger partial charge in [0.25, 0.3) is 0 Å². The molecule has 160 valence electrons. The Kier molecular flexibility index (Phi) is 6.99. The molecule has 2 aromatic rings. The normalized spacial score (nSPS) is 14.3. The Morgan fingerprint density at radius 3 is 2.59 bits per heavy atom. The Labute approximate surface area is 169 Å². The summed E-state index contributed by atoms with van der Waals surface area (Å²) in [6.45, 7) is 8.96. The Morgan fingerprint density at radius 2 is 2.00 bits per heavy atom. The number of hydrogen-bond donors (Lipinski definition) is 1. The number of nitrogens with one attached hydrogen (secondary N) is 1. The van der Waals surface area contributed by atoms with Gasteiger partial charge < -0.3 is 14.5 Å². The molecule has 2 atom stereocenters. The Bertz CT molecular complexity index is 953. The zero-order chi connectivity index (χ0) is 21.8. The lowest BCUT2D eigenvalue weighted by Crippen LogP contribution is -2.37. The summed E-state index contributed by atoms with van der Waals surface area (Å²) in [6, 6.07) is 4.54. The van der Waals surface area contributed by atoms with Crippen LogP contribution in [0.2, 0.25) is 0 Å². The second-order valence-electron chi connectivity index (χ2n) is 7.80. The molecular formula is C19H26FN3O5S. The molecule has 1 amide bonds. The number of ether oxygens (including phenoxy) is 1. The number of carbonyl (C=O) groups is 1. The second kappa shape index (κ2) is 8.89. The van der Waals surface area contributed by atoms with E-state index < -0.39 is 44.4 Å². The molecular weight excluding hydrogens is 401 g/mol. The lowest BCUT2D eigenvalue weighted by molar-refractivity contribution is 0.0473. The van der Waals surface area contributed by atoms with E-state index in [1.165, 1.54) is 18.2 Å². The summed E-state index contributed by atoms with van der Waals surface area (Å²) in [6.07, 6.45) is -0.0148. The summed E-state index contributed by atoms with van der Waals surface area (Å²) in [5, 5.41) is 9.53. The molecule has 1 aromatic heterocycles. The molecule has 0 aliphatic carbocycles. The first-order valence-corrected chi connectivity index (χ1v) is 10.9. The summed E-state index contributed by atoms with van der Waals surface area (Å²) in [5.74, 6) is -1.19. The summed E-state index contributed by atoms with van der Waals surface area (Å²) >= 11 is 0. The van der Waals surface area contributed by atoms with Gasteiger partial charge in [0, 0.05) is 0 Å². The molecule has 1 aromatic carbocycles. The van der Waals surface area contributed by atoms with Crippen LogP contribution in [-0.2, 0) is 20.3 Å². The number of nitrogens with zero attached hydrogens (tertiary/aromatic N) is 2. The molecule has 0 saturated carbocycles. The van der Waals surface area contributed by atoms with Crippen molar-refractivity contribution in [1.29, 1.82) is 0 Å². The second-order valence-corrected chi connectivity index (χ2v) is 9.67.